The molecule has 88 valence electrons. The van der Waals surface area contributed by atoms with Crippen LogP contribution in [0.4, 0.5) is 0 Å². The van der Waals surface area contributed by atoms with Gasteiger partial charge in [0.2, 0.25) is 0 Å². The molecule has 0 spiro atoms. The summed E-state index contributed by atoms with van der Waals surface area (Å²) in [6.45, 7) is 5.63. The number of hydrogen-bond acceptors (Lipinski definition) is 4. The van der Waals surface area contributed by atoms with E-state index in [0.29, 0.717) is 0 Å². The number of unbranched alkanes of at least 4 members (excludes halogenated alkanes) is 1. The van der Waals surface area contributed by atoms with Crippen LogP contribution in [0.3, 0.4) is 0 Å². The van der Waals surface area contributed by atoms with Crippen LogP contribution in [0.5, 0.6) is 0 Å². The van der Waals surface area contributed by atoms with Crippen molar-refractivity contribution in [3.8, 4) is 0 Å². The van der Waals surface area contributed by atoms with E-state index in [4.69, 9.17) is 4.55 Å². The second-order valence-corrected chi connectivity index (χ2v) is 4.40. The quantitative estimate of drug-likeness (QED) is 0.677. The van der Waals surface area contributed by atoms with Crippen LogP contribution in [-0.4, -0.2) is 19.1 Å². The van der Waals surface area contributed by atoms with E-state index in [0.717, 1.165) is 19.3 Å². The molecule has 0 amide bonds. The molecule has 0 saturated heterocycles. The van der Waals surface area contributed by atoms with Gasteiger partial charge in [-0.05, 0) is 19.3 Å². The first-order valence-electron chi connectivity index (χ1n) is 4.52. The average Bonchev–Trinajstić information content (AvgIpc) is 1.96. The second-order valence-electron chi connectivity index (χ2n) is 3.35. The largest absolute Gasteiger partial charge is 0.397 e. The summed E-state index contributed by atoms with van der Waals surface area (Å²) in [5, 5.41) is 0. The highest BCUT2D eigenvalue weighted by atomic mass is 32.3. The lowest BCUT2D eigenvalue weighted by atomic mass is 10.00. The van der Waals surface area contributed by atoms with Crippen LogP contribution in [0.2, 0.25) is 0 Å². The van der Waals surface area contributed by atoms with Crippen LogP contribution in [0.15, 0.2) is 0 Å². The molecule has 2 atom stereocenters. The summed E-state index contributed by atoms with van der Waals surface area (Å²) in [4.78, 5) is 0. The first kappa shape index (κ1) is 16.3. The minimum atomic E-state index is -4.29. The van der Waals surface area contributed by atoms with Crippen LogP contribution in [0.1, 0.15) is 40.0 Å². The second kappa shape index (κ2) is 7.17. The van der Waals surface area contributed by atoms with Crippen molar-refractivity contribution in [1.29, 1.82) is 0 Å². The summed E-state index contributed by atoms with van der Waals surface area (Å²) in [5.74, 6) is 0.141. The Kier molecular flexibility index (Phi) is 8.33. The smallest absolute Gasteiger partial charge is 0.344 e. The minimum absolute atomic E-state index is 0. The van der Waals surface area contributed by atoms with Gasteiger partial charge in [0.25, 0.3) is 0 Å². The molecular formula is C8H21NO4S. The Balaban J connectivity index is 0. The number of hydrogen-bond donors (Lipinski definition) is 2. The third kappa shape index (κ3) is 8.43. The van der Waals surface area contributed by atoms with Crippen molar-refractivity contribution < 1.29 is 17.2 Å². The lowest BCUT2D eigenvalue weighted by Crippen LogP contribution is -2.21. The van der Waals surface area contributed by atoms with E-state index in [2.05, 4.69) is 11.1 Å². The van der Waals surface area contributed by atoms with Gasteiger partial charge in [-0.25, -0.2) is 4.18 Å². The van der Waals surface area contributed by atoms with Crippen molar-refractivity contribution >= 4 is 10.4 Å². The molecule has 0 aliphatic carbocycles. The van der Waals surface area contributed by atoms with E-state index in [1.54, 1.807) is 6.92 Å². The van der Waals surface area contributed by atoms with E-state index in [-0.39, 0.29) is 12.1 Å². The molecule has 5 nitrogen and oxygen atoms in total. The van der Waals surface area contributed by atoms with E-state index >= 15 is 0 Å². The van der Waals surface area contributed by atoms with Crippen LogP contribution in [0.25, 0.3) is 0 Å². The zero-order valence-electron chi connectivity index (χ0n) is 9.06. The van der Waals surface area contributed by atoms with E-state index in [1.165, 1.54) is 0 Å². The standard InChI is InChI=1S/C8H18O4S.H3N/c1-4-5-6-7(2)8(3)12-13(9,10)11;/h7-8H,4-6H2,1-3H3,(H,9,10,11);1H3. The van der Waals surface area contributed by atoms with Crippen molar-refractivity contribution in [3.05, 3.63) is 0 Å². The molecule has 0 aromatic rings. The third-order valence-corrected chi connectivity index (χ3v) is 2.63. The molecule has 2 unspecified atom stereocenters. The van der Waals surface area contributed by atoms with E-state index in [1.807, 2.05) is 6.92 Å². The predicted octanol–water partition coefficient (Wildman–Crippen LogP) is 2.18. The van der Waals surface area contributed by atoms with Crippen molar-refractivity contribution in [2.75, 3.05) is 0 Å². The fraction of sp³-hybridized carbons (Fsp3) is 1.00. The van der Waals surface area contributed by atoms with Crippen molar-refractivity contribution in [3.63, 3.8) is 0 Å². The highest BCUT2D eigenvalue weighted by Crippen LogP contribution is 2.15. The molecular weight excluding hydrogens is 206 g/mol. The molecule has 0 aromatic carbocycles. The maximum absolute atomic E-state index is 10.4. The molecule has 0 saturated carbocycles. The lowest BCUT2D eigenvalue weighted by molar-refractivity contribution is 0.141. The molecule has 0 bridgehead atoms. The minimum Gasteiger partial charge on any atom is -0.344 e. The Labute approximate surface area is 86.4 Å². The summed E-state index contributed by atoms with van der Waals surface area (Å²) in [6, 6.07) is 0. The van der Waals surface area contributed by atoms with Crippen LogP contribution in [-0.2, 0) is 14.6 Å². The van der Waals surface area contributed by atoms with Gasteiger partial charge in [0.1, 0.15) is 0 Å². The zero-order chi connectivity index (χ0) is 10.5. The highest BCUT2D eigenvalue weighted by Gasteiger charge is 2.18. The summed E-state index contributed by atoms with van der Waals surface area (Å²) in [5.41, 5.74) is 0. The molecule has 14 heavy (non-hydrogen) atoms. The van der Waals surface area contributed by atoms with Gasteiger partial charge < -0.3 is 6.15 Å². The van der Waals surface area contributed by atoms with Crippen LogP contribution >= 0.6 is 0 Å². The first-order chi connectivity index (χ1) is 5.87. The number of rotatable bonds is 6. The maximum Gasteiger partial charge on any atom is 0.397 e. The summed E-state index contributed by atoms with van der Waals surface area (Å²) < 4.78 is 33.5. The topological polar surface area (TPSA) is 98.6 Å². The predicted molar refractivity (Wildman–Crippen MR) is 55.8 cm³/mol. The monoisotopic (exact) mass is 227 g/mol. The van der Waals surface area contributed by atoms with E-state index < -0.39 is 16.5 Å². The Morgan fingerprint density at radius 2 is 1.86 bits per heavy atom. The highest BCUT2D eigenvalue weighted by molar-refractivity contribution is 7.80. The first-order valence-corrected chi connectivity index (χ1v) is 5.89. The molecule has 6 heteroatoms. The summed E-state index contributed by atoms with van der Waals surface area (Å²) in [7, 11) is -4.29. The van der Waals surface area contributed by atoms with Crippen molar-refractivity contribution in [2.24, 2.45) is 5.92 Å². The molecule has 0 heterocycles. The Morgan fingerprint density at radius 3 is 2.21 bits per heavy atom. The van der Waals surface area contributed by atoms with Crippen LogP contribution < -0.4 is 6.15 Å². The summed E-state index contributed by atoms with van der Waals surface area (Å²) in [6.07, 6.45) is 2.57. The molecule has 0 rings (SSSR count). The Hall–Kier alpha value is -0.170. The Morgan fingerprint density at radius 1 is 1.36 bits per heavy atom. The lowest BCUT2D eigenvalue weighted by Gasteiger charge is -2.17. The van der Waals surface area contributed by atoms with Gasteiger partial charge in [-0.15, -0.1) is 0 Å². The molecule has 0 radical (unpaired) electrons. The maximum atomic E-state index is 10.4. The van der Waals surface area contributed by atoms with Gasteiger partial charge in [-0.3, -0.25) is 4.55 Å². The zero-order valence-corrected chi connectivity index (χ0v) is 9.88. The summed E-state index contributed by atoms with van der Waals surface area (Å²) >= 11 is 0. The van der Waals surface area contributed by atoms with Gasteiger partial charge in [-0.2, -0.15) is 8.42 Å². The van der Waals surface area contributed by atoms with Gasteiger partial charge in [-0.1, -0.05) is 26.7 Å². The molecule has 4 N–H and O–H groups in total. The Bertz CT molecular complexity index is 227. The molecule has 0 aromatic heterocycles. The average molecular weight is 227 g/mol. The normalized spacial score (nSPS) is 15.7. The van der Waals surface area contributed by atoms with E-state index in [9.17, 15) is 8.42 Å². The molecule has 0 aliphatic rings. The van der Waals surface area contributed by atoms with Gasteiger partial charge in [0, 0.05) is 0 Å². The van der Waals surface area contributed by atoms with Gasteiger partial charge in [0.15, 0.2) is 0 Å². The van der Waals surface area contributed by atoms with Gasteiger partial charge >= 0.3 is 10.4 Å². The van der Waals surface area contributed by atoms with Gasteiger partial charge in [0.05, 0.1) is 6.10 Å². The van der Waals surface area contributed by atoms with Crippen LogP contribution in [0, 0.1) is 5.92 Å². The van der Waals surface area contributed by atoms with Crippen molar-refractivity contribution in [2.45, 2.75) is 46.1 Å². The fourth-order valence-electron chi connectivity index (χ4n) is 1.05. The SMILES string of the molecule is CCCCC(C)C(C)OS(=O)(=O)O.N. The third-order valence-electron chi connectivity index (χ3n) is 2.09. The fourth-order valence-corrected chi connectivity index (χ4v) is 1.62. The van der Waals surface area contributed by atoms with Crippen molar-refractivity contribution in [1.82, 2.24) is 6.15 Å². The molecule has 0 aliphatic heterocycles. The molecule has 0 fully saturated rings.